The van der Waals surface area contributed by atoms with Crippen molar-refractivity contribution in [2.24, 2.45) is 5.92 Å². The molecule has 1 aromatic carbocycles. The predicted molar refractivity (Wildman–Crippen MR) is 75.9 cm³/mol. The molecule has 20 heavy (non-hydrogen) atoms. The number of benzene rings is 1. The van der Waals surface area contributed by atoms with Gasteiger partial charge < -0.3 is 15.5 Å². The van der Waals surface area contributed by atoms with Crippen LogP contribution in [0.1, 0.15) is 12.5 Å². The summed E-state index contributed by atoms with van der Waals surface area (Å²) >= 11 is 0. The van der Waals surface area contributed by atoms with Gasteiger partial charge in [0, 0.05) is 39.0 Å². The van der Waals surface area contributed by atoms with Gasteiger partial charge >= 0.3 is 0 Å². The van der Waals surface area contributed by atoms with Crippen LogP contribution >= 0.6 is 0 Å². The number of β-amino-alcohol motifs (C(OH)–C–C–N with tert-alkyl or cyclic N) is 1. The molecule has 0 aromatic heterocycles. The first-order valence-electron chi connectivity index (χ1n) is 6.93. The van der Waals surface area contributed by atoms with E-state index in [0.29, 0.717) is 19.6 Å². The number of hydrogen-bond donors (Lipinski definition) is 3. The van der Waals surface area contributed by atoms with Crippen LogP contribution in [0.15, 0.2) is 30.3 Å². The monoisotopic (exact) mass is 278 g/mol. The number of aliphatic hydroxyl groups excluding tert-OH is 2. The maximum absolute atomic E-state index is 11.0. The number of nitrogens with one attached hydrogen (secondary N) is 1. The maximum Gasteiger partial charge on any atom is 0.216 e. The number of rotatable bonds is 4. The van der Waals surface area contributed by atoms with Gasteiger partial charge in [0.15, 0.2) is 0 Å². The second kappa shape index (κ2) is 6.83. The van der Waals surface area contributed by atoms with Crippen molar-refractivity contribution >= 4 is 5.91 Å². The number of carbonyl (C=O) groups is 1. The van der Waals surface area contributed by atoms with Crippen molar-refractivity contribution in [3.05, 3.63) is 35.9 Å². The van der Waals surface area contributed by atoms with Crippen molar-refractivity contribution in [1.29, 1.82) is 0 Å². The van der Waals surface area contributed by atoms with E-state index in [2.05, 4.69) is 10.2 Å². The van der Waals surface area contributed by atoms with Gasteiger partial charge in [-0.1, -0.05) is 30.3 Å². The topological polar surface area (TPSA) is 72.8 Å². The van der Waals surface area contributed by atoms with E-state index in [1.165, 1.54) is 12.5 Å². The molecule has 2 rings (SSSR count). The number of amides is 1. The molecule has 0 aliphatic carbocycles. The number of nitrogens with zero attached hydrogens (tertiary/aromatic N) is 1. The number of hydrogen-bond acceptors (Lipinski definition) is 4. The van der Waals surface area contributed by atoms with E-state index in [0.717, 1.165) is 6.54 Å². The van der Waals surface area contributed by atoms with Gasteiger partial charge in [-0.3, -0.25) is 9.69 Å². The molecule has 0 radical (unpaired) electrons. The summed E-state index contributed by atoms with van der Waals surface area (Å²) in [5.74, 6) is -0.266. The van der Waals surface area contributed by atoms with Crippen molar-refractivity contribution < 1.29 is 15.0 Å². The van der Waals surface area contributed by atoms with Gasteiger partial charge in [-0.25, -0.2) is 0 Å². The zero-order valence-corrected chi connectivity index (χ0v) is 11.7. The minimum Gasteiger partial charge on any atom is -0.390 e. The van der Waals surface area contributed by atoms with E-state index in [4.69, 9.17) is 0 Å². The summed E-state index contributed by atoms with van der Waals surface area (Å²) in [5.41, 5.74) is 1.18. The van der Waals surface area contributed by atoms with Crippen molar-refractivity contribution in [3.63, 3.8) is 0 Å². The first-order chi connectivity index (χ1) is 9.56. The summed E-state index contributed by atoms with van der Waals surface area (Å²) in [5, 5.41) is 22.7. The smallest absolute Gasteiger partial charge is 0.216 e. The third kappa shape index (κ3) is 4.03. The lowest BCUT2D eigenvalue weighted by molar-refractivity contribution is -0.120. The zero-order chi connectivity index (χ0) is 14.5. The molecule has 5 nitrogen and oxygen atoms in total. The normalized spacial score (nSPS) is 27.2. The molecule has 1 saturated heterocycles. The van der Waals surface area contributed by atoms with Crippen LogP contribution in [0.4, 0.5) is 0 Å². The molecular weight excluding hydrogens is 256 g/mol. The number of piperidine rings is 1. The number of aliphatic hydroxyl groups is 2. The molecule has 0 spiro atoms. The Balaban J connectivity index is 1.95. The highest BCUT2D eigenvalue weighted by molar-refractivity contribution is 5.72. The van der Waals surface area contributed by atoms with Crippen LogP contribution in [0.2, 0.25) is 0 Å². The van der Waals surface area contributed by atoms with Crippen LogP contribution in [0, 0.1) is 5.92 Å². The van der Waals surface area contributed by atoms with Gasteiger partial charge in [-0.05, 0) is 5.56 Å². The summed E-state index contributed by atoms with van der Waals surface area (Å²) in [4.78, 5) is 13.1. The van der Waals surface area contributed by atoms with E-state index in [1.54, 1.807) is 0 Å². The number of carbonyl (C=O) groups excluding carboxylic acids is 1. The standard InChI is InChI=1S/C15H22N2O3/c1-11(18)16-7-13-9-17(10-14(19)15(13)20)8-12-5-3-2-4-6-12/h2-6,13-15,19-20H,7-10H2,1H3,(H,16,18)/t13-,14+,15-/m0/s1. The highest BCUT2D eigenvalue weighted by atomic mass is 16.3. The molecule has 1 aliphatic heterocycles. The van der Waals surface area contributed by atoms with Crippen LogP contribution in [0.3, 0.4) is 0 Å². The Bertz CT molecular complexity index is 438. The fourth-order valence-corrected chi connectivity index (χ4v) is 2.63. The quantitative estimate of drug-likeness (QED) is 0.723. The summed E-state index contributed by atoms with van der Waals surface area (Å²) in [6.45, 7) is 3.69. The molecule has 1 fully saturated rings. The lowest BCUT2D eigenvalue weighted by Gasteiger charge is -2.39. The molecule has 1 aliphatic rings. The molecular formula is C15H22N2O3. The number of likely N-dealkylation sites (tertiary alicyclic amines) is 1. The molecule has 3 atom stereocenters. The lowest BCUT2D eigenvalue weighted by Crippen LogP contribution is -2.54. The Morgan fingerprint density at radius 2 is 2.00 bits per heavy atom. The molecule has 110 valence electrons. The lowest BCUT2D eigenvalue weighted by atomic mass is 9.92. The fourth-order valence-electron chi connectivity index (χ4n) is 2.63. The average molecular weight is 278 g/mol. The molecule has 3 N–H and O–H groups in total. The molecule has 0 bridgehead atoms. The molecule has 1 heterocycles. The summed E-state index contributed by atoms with van der Waals surface area (Å²) in [6, 6.07) is 10.0. The van der Waals surface area contributed by atoms with Gasteiger partial charge in [-0.2, -0.15) is 0 Å². The van der Waals surface area contributed by atoms with E-state index >= 15 is 0 Å². The minimum atomic E-state index is -0.783. The second-order valence-corrected chi connectivity index (χ2v) is 5.43. The summed E-state index contributed by atoms with van der Waals surface area (Å²) < 4.78 is 0. The Labute approximate surface area is 119 Å². The zero-order valence-electron chi connectivity index (χ0n) is 11.7. The van der Waals surface area contributed by atoms with Crippen molar-refractivity contribution in [3.8, 4) is 0 Å². The molecule has 1 aromatic rings. The molecule has 0 unspecified atom stereocenters. The predicted octanol–water partition coefficient (Wildman–Crippen LogP) is -0.0237. The van der Waals surface area contributed by atoms with E-state index in [1.807, 2.05) is 30.3 Å². The summed E-state index contributed by atoms with van der Waals surface area (Å²) in [6.07, 6.45) is -1.56. The molecule has 0 saturated carbocycles. The van der Waals surface area contributed by atoms with E-state index in [9.17, 15) is 15.0 Å². The Hall–Kier alpha value is -1.43. The van der Waals surface area contributed by atoms with Crippen molar-refractivity contribution in [1.82, 2.24) is 10.2 Å². The third-order valence-corrected chi connectivity index (χ3v) is 3.68. The summed E-state index contributed by atoms with van der Waals surface area (Å²) in [7, 11) is 0. The Kier molecular flexibility index (Phi) is 5.11. The highest BCUT2D eigenvalue weighted by Crippen LogP contribution is 2.19. The van der Waals surface area contributed by atoms with Gasteiger partial charge in [0.25, 0.3) is 0 Å². The first-order valence-corrected chi connectivity index (χ1v) is 6.93. The second-order valence-electron chi connectivity index (χ2n) is 5.43. The van der Waals surface area contributed by atoms with Crippen LogP contribution in [-0.2, 0) is 11.3 Å². The van der Waals surface area contributed by atoms with Gasteiger partial charge in [-0.15, -0.1) is 0 Å². The Morgan fingerprint density at radius 1 is 1.30 bits per heavy atom. The average Bonchev–Trinajstić information content (AvgIpc) is 2.42. The highest BCUT2D eigenvalue weighted by Gasteiger charge is 2.34. The van der Waals surface area contributed by atoms with Crippen LogP contribution in [0.25, 0.3) is 0 Å². The van der Waals surface area contributed by atoms with Gasteiger partial charge in [0.2, 0.25) is 5.91 Å². The fraction of sp³-hybridized carbons (Fsp3) is 0.533. The van der Waals surface area contributed by atoms with E-state index in [-0.39, 0.29) is 11.8 Å². The van der Waals surface area contributed by atoms with E-state index < -0.39 is 12.2 Å². The van der Waals surface area contributed by atoms with Crippen molar-refractivity contribution in [2.45, 2.75) is 25.7 Å². The van der Waals surface area contributed by atoms with Crippen LogP contribution in [-0.4, -0.2) is 52.9 Å². The first kappa shape index (κ1) is 15.0. The van der Waals surface area contributed by atoms with Gasteiger partial charge in [0.05, 0.1) is 12.2 Å². The van der Waals surface area contributed by atoms with Crippen LogP contribution in [0.5, 0.6) is 0 Å². The SMILES string of the molecule is CC(=O)NC[C@H]1CN(Cc2ccccc2)C[C@@H](O)[C@H]1O. The van der Waals surface area contributed by atoms with Gasteiger partial charge in [0.1, 0.15) is 0 Å². The minimum absolute atomic E-state index is 0.119. The molecule has 1 amide bonds. The molecule has 5 heteroatoms. The van der Waals surface area contributed by atoms with Crippen molar-refractivity contribution in [2.75, 3.05) is 19.6 Å². The third-order valence-electron chi connectivity index (χ3n) is 3.68. The largest absolute Gasteiger partial charge is 0.390 e. The van der Waals surface area contributed by atoms with Crippen LogP contribution < -0.4 is 5.32 Å². The maximum atomic E-state index is 11.0. The Morgan fingerprint density at radius 3 is 2.65 bits per heavy atom.